The summed E-state index contributed by atoms with van der Waals surface area (Å²) >= 11 is 0. The number of carboxylic acids is 1. The van der Waals surface area contributed by atoms with Crippen molar-refractivity contribution in [2.75, 3.05) is 32.7 Å². The summed E-state index contributed by atoms with van der Waals surface area (Å²) in [6.45, 7) is 7.01. The number of carbonyl (C=O) groups is 4. The Labute approximate surface area is 303 Å². The molecule has 0 radical (unpaired) electrons. The van der Waals surface area contributed by atoms with Gasteiger partial charge in [-0.2, -0.15) is 31.4 Å². The molecule has 0 saturated carbocycles. The Bertz CT molecular complexity index is 1640. The highest BCUT2D eigenvalue weighted by Crippen LogP contribution is 2.30. The number of piperidine rings is 2. The van der Waals surface area contributed by atoms with Crippen molar-refractivity contribution < 1.29 is 50.6 Å². The number of nitrogens with one attached hydrogen (secondary N) is 1. The first kappa shape index (κ1) is 41.0. The average molecular weight is 752 g/mol. The number of alkyl halides is 6. The second-order valence-corrected chi connectivity index (χ2v) is 13.1. The van der Waals surface area contributed by atoms with Crippen molar-refractivity contribution in [3.8, 4) is 0 Å². The third-order valence-corrected chi connectivity index (χ3v) is 9.48. The Hall–Kier alpha value is -4.73. The molecule has 10 nitrogen and oxygen atoms in total. The zero-order valence-electron chi connectivity index (χ0n) is 29.2. The van der Waals surface area contributed by atoms with Gasteiger partial charge in [-0.3, -0.25) is 19.1 Å². The van der Waals surface area contributed by atoms with Crippen molar-refractivity contribution in [3.05, 3.63) is 89.2 Å². The molecule has 1 atom stereocenters. The number of aryl methyl sites for hydroxylation is 1. The molecule has 0 aliphatic carbocycles. The van der Waals surface area contributed by atoms with E-state index in [2.05, 4.69) is 70.4 Å². The molecule has 3 aromatic rings. The lowest BCUT2D eigenvalue weighted by Crippen LogP contribution is -2.47. The molecule has 0 spiro atoms. The Morgan fingerprint density at radius 3 is 1.89 bits per heavy atom. The van der Waals surface area contributed by atoms with Crippen LogP contribution in [0.5, 0.6) is 0 Å². The Morgan fingerprint density at radius 2 is 1.38 bits per heavy atom. The molecule has 0 unspecified atom stereocenters. The maximum Gasteiger partial charge on any atom is 0.458 e. The fourth-order valence-corrected chi connectivity index (χ4v) is 6.56. The zero-order chi connectivity index (χ0) is 38.8. The van der Waals surface area contributed by atoms with Gasteiger partial charge >= 0.3 is 35.9 Å². The van der Waals surface area contributed by atoms with E-state index in [1.807, 2.05) is 18.2 Å². The lowest BCUT2D eigenvalue weighted by Gasteiger charge is -2.34. The number of hydrogen-bond acceptors (Lipinski definition) is 6. The predicted molar refractivity (Wildman–Crippen MR) is 182 cm³/mol. The largest absolute Gasteiger partial charge is 0.481 e. The molecule has 288 valence electrons. The van der Waals surface area contributed by atoms with Gasteiger partial charge in [0, 0.05) is 44.2 Å². The summed E-state index contributed by atoms with van der Waals surface area (Å²) in [6.07, 6.45) is -6.60. The van der Waals surface area contributed by atoms with Crippen LogP contribution in [-0.2, 0) is 27.3 Å². The van der Waals surface area contributed by atoms with Crippen LogP contribution in [0.1, 0.15) is 73.5 Å². The van der Waals surface area contributed by atoms with Crippen molar-refractivity contribution in [2.45, 2.75) is 76.3 Å². The van der Waals surface area contributed by atoms with E-state index >= 15 is 0 Å². The Balaban J connectivity index is 0.000000450. The molecule has 16 heteroatoms. The summed E-state index contributed by atoms with van der Waals surface area (Å²) in [4.78, 5) is 48.0. The molecular formula is C37H43F6N5O5. The first-order valence-electron chi connectivity index (χ1n) is 17.5. The normalized spacial score (nSPS) is 16.7. The maximum atomic E-state index is 13.1. The van der Waals surface area contributed by atoms with Crippen LogP contribution >= 0.6 is 0 Å². The third-order valence-electron chi connectivity index (χ3n) is 9.48. The molecule has 1 aromatic heterocycles. The zero-order valence-corrected chi connectivity index (χ0v) is 29.2. The van der Waals surface area contributed by atoms with Crippen LogP contribution < -0.4 is 5.32 Å². The number of urea groups is 1. The van der Waals surface area contributed by atoms with Gasteiger partial charge in [0.1, 0.15) is 0 Å². The van der Waals surface area contributed by atoms with Gasteiger partial charge in [0.15, 0.2) is 0 Å². The molecular weight excluding hydrogens is 708 g/mol. The fraction of sp³-hybridized carbons (Fsp3) is 0.486. The summed E-state index contributed by atoms with van der Waals surface area (Å²) in [7, 11) is 0. The first-order chi connectivity index (χ1) is 25.1. The van der Waals surface area contributed by atoms with Crippen molar-refractivity contribution in [2.24, 2.45) is 5.92 Å². The minimum atomic E-state index is -5.77. The van der Waals surface area contributed by atoms with Crippen LogP contribution in [0, 0.1) is 5.92 Å². The number of ketones is 2. The predicted octanol–water partition coefficient (Wildman–Crippen LogP) is 6.56. The molecule has 2 N–H and O–H groups in total. The van der Waals surface area contributed by atoms with E-state index in [9.17, 15) is 50.6 Å². The summed E-state index contributed by atoms with van der Waals surface area (Å²) in [5, 5.41) is 17.5. The molecule has 2 aromatic carbocycles. The number of Topliss-reactive ketones (excluding diaryl/α,β-unsaturated/α-hetero) is 2. The van der Waals surface area contributed by atoms with E-state index in [4.69, 9.17) is 5.10 Å². The molecule has 2 aliphatic rings. The number of benzene rings is 2. The van der Waals surface area contributed by atoms with E-state index in [0.717, 1.165) is 63.1 Å². The van der Waals surface area contributed by atoms with Crippen LogP contribution in [0.4, 0.5) is 31.1 Å². The van der Waals surface area contributed by atoms with E-state index in [1.165, 1.54) is 11.3 Å². The fourth-order valence-electron chi connectivity index (χ4n) is 6.56. The number of aliphatic carboxylic acids is 1. The summed E-state index contributed by atoms with van der Waals surface area (Å²) in [6, 6.07) is 22.9. The van der Waals surface area contributed by atoms with Crippen LogP contribution in [0.25, 0.3) is 0 Å². The van der Waals surface area contributed by atoms with Crippen LogP contribution in [-0.4, -0.2) is 93.3 Å². The number of amides is 2. The monoisotopic (exact) mass is 751 g/mol. The van der Waals surface area contributed by atoms with Gasteiger partial charge in [-0.05, 0) is 69.3 Å². The highest BCUT2D eigenvalue weighted by atomic mass is 19.4. The standard InChI is InChI=1S/C33H43N5O3.C4F6O2/c1-2-38-31(24-29(35-38)23-25-9-5-3-6-10-25)27-13-18-36(19-14-27)20-17-30(26-11-7-4-8-12-26)34-33(41)37-21-15-28(16-22-37)32(39)40;5-3(6,7)1(11)2(12)4(8,9)10/h3-12,24,27-28,30H,2,13-23H2,1H3,(H,34,41)(H,39,40);/t30-;/m0./s1. The van der Waals surface area contributed by atoms with Gasteiger partial charge in [0.25, 0.3) is 0 Å². The highest BCUT2D eigenvalue weighted by molar-refractivity contribution is 6.41. The number of likely N-dealkylation sites (tertiary alicyclic amines) is 2. The van der Waals surface area contributed by atoms with Gasteiger partial charge in [0.2, 0.25) is 0 Å². The topological polar surface area (TPSA) is 125 Å². The molecule has 0 bridgehead atoms. The lowest BCUT2D eigenvalue weighted by molar-refractivity contribution is -0.193. The summed E-state index contributed by atoms with van der Waals surface area (Å²) < 4.78 is 69.2. The number of nitrogens with zero attached hydrogens (tertiary/aromatic N) is 4. The van der Waals surface area contributed by atoms with Crippen LogP contribution in [0.3, 0.4) is 0 Å². The van der Waals surface area contributed by atoms with Crippen molar-refractivity contribution in [3.63, 3.8) is 0 Å². The van der Waals surface area contributed by atoms with Gasteiger partial charge in [-0.1, -0.05) is 60.7 Å². The van der Waals surface area contributed by atoms with Crippen molar-refractivity contribution >= 4 is 23.6 Å². The second kappa shape index (κ2) is 18.3. The molecule has 2 saturated heterocycles. The van der Waals surface area contributed by atoms with Gasteiger partial charge < -0.3 is 20.2 Å². The quantitative estimate of drug-likeness (QED) is 0.168. The average Bonchev–Trinajstić information content (AvgIpc) is 3.55. The van der Waals surface area contributed by atoms with Crippen LogP contribution in [0.15, 0.2) is 66.7 Å². The van der Waals surface area contributed by atoms with E-state index in [-0.39, 0.29) is 18.0 Å². The molecule has 5 rings (SSSR count). The SMILES string of the molecule is CCn1nc(Cc2ccccc2)cc1C1CCN(CC[C@H](NC(=O)N2CCC(C(=O)O)CC2)c2ccccc2)CC1.O=C(C(=O)C(F)(F)F)C(F)(F)F. The molecule has 2 amide bonds. The number of halogens is 6. The summed E-state index contributed by atoms with van der Waals surface area (Å²) in [5.74, 6) is -7.41. The summed E-state index contributed by atoms with van der Waals surface area (Å²) in [5.41, 5.74) is 4.90. The smallest absolute Gasteiger partial charge is 0.458 e. The molecule has 2 fully saturated rings. The van der Waals surface area contributed by atoms with E-state index < -0.39 is 29.9 Å². The molecule has 2 aliphatic heterocycles. The number of carboxylic acid groups (broad SMARTS) is 1. The number of hydrogen-bond donors (Lipinski definition) is 2. The number of aromatic nitrogens is 2. The number of carbonyl (C=O) groups excluding carboxylic acids is 3. The lowest BCUT2D eigenvalue weighted by atomic mass is 9.92. The Kier molecular flexibility index (Phi) is 14.2. The van der Waals surface area contributed by atoms with Gasteiger partial charge in [-0.15, -0.1) is 0 Å². The third kappa shape index (κ3) is 11.9. The van der Waals surface area contributed by atoms with Gasteiger partial charge in [-0.25, -0.2) is 4.79 Å². The maximum absolute atomic E-state index is 13.1. The number of rotatable bonds is 11. The van der Waals surface area contributed by atoms with Crippen molar-refractivity contribution in [1.29, 1.82) is 0 Å². The molecule has 53 heavy (non-hydrogen) atoms. The highest BCUT2D eigenvalue weighted by Gasteiger charge is 2.54. The van der Waals surface area contributed by atoms with Gasteiger partial charge in [0.05, 0.1) is 17.7 Å². The minimum absolute atomic E-state index is 0.0827. The van der Waals surface area contributed by atoms with E-state index in [1.54, 1.807) is 4.90 Å². The van der Waals surface area contributed by atoms with Crippen molar-refractivity contribution in [1.82, 2.24) is 24.9 Å². The van der Waals surface area contributed by atoms with Crippen LogP contribution in [0.2, 0.25) is 0 Å². The first-order valence-corrected chi connectivity index (χ1v) is 17.5. The minimum Gasteiger partial charge on any atom is -0.481 e. The molecule has 3 heterocycles. The van der Waals surface area contributed by atoms with E-state index in [0.29, 0.717) is 31.8 Å². The Morgan fingerprint density at radius 1 is 0.830 bits per heavy atom. The second-order valence-electron chi connectivity index (χ2n) is 13.1.